The number of piperidine rings is 1. The Hall–Kier alpha value is -1.88. The maximum absolute atomic E-state index is 11.9. The molecule has 1 aliphatic rings. The Morgan fingerprint density at radius 3 is 2.46 bits per heavy atom. The van der Waals surface area contributed by atoms with Crippen LogP contribution in [0, 0.1) is 5.92 Å². The number of ether oxygens (including phenoxy) is 1. The van der Waals surface area contributed by atoms with Crippen molar-refractivity contribution in [1.82, 2.24) is 9.80 Å². The monoisotopic (exact) mass is 332 g/mol. The van der Waals surface area contributed by atoms with E-state index in [1.165, 1.54) is 0 Å². The van der Waals surface area contributed by atoms with Gasteiger partial charge >= 0.3 is 5.97 Å². The summed E-state index contributed by atoms with van der Waals surface area (Å²) in [7, 11) is 3.58. The zero-order chi connectivity index (χ0) is 17.4. The summed E-state index contributed by atoms with van der Waals surface area (Å²) in [6, 6.07) is 9.75. The molecule has 5 nitrogen and oxygen atoms in total. The molecule has 0 unspecified atom stereocenters. The van der Waals surface area contributed by atoms with Crippen LogP contribution in [0.5, 0.6) is 0 Å². The normalized spacial score (nSPS) is 15.9. The second kappa shape index (κ2) is 9.42. The van der Waals surface area contributed by atoms with E-state index in [4.69, 9.17) is 4.74 Å². The summed E-state index contributed by atoms with van der Waals surface area (Å²) in [6.07, 6.45) is 3.45. The molecule has 0 spiro atoms. The van der Waals surface area contributed by atoms with Crippen molar-refractivity contribution in [2.24, 2.45) is 5.92 Å². The van der Waals surface area contributed by atoms with Crippen molar-refractivity contribution >= 4 is 11.9 Å². The van der Waals surface area contributed by atoms with Crippen LogP contribution in [0.2, 0.25) is 0 Å². The molecule has 24 heavy (non-hydrogen) atoms. The molecule has 0 N–H and O–H groups in total. The van der Waals surface area contributed by atoms with E-state index < -0.39 is 0 Å². The van der Waals surface area contributed by atoms with Gasteiger partial charge in [-0.25, -0.2) is 0 Å². The summed E-state index contributed by atoms with van der Waals surface area (Å²) in [5.41, 5.74) is 1.02. The molecule has 1 aromatic carbocycles. The third-order valence-corrected chi connectivity index (χ3v) is 4.56. The number of rotatable bonds is 7. The highest BCUT2D eigenvalue weighted by Gasteiger charge is 2.22. The van der Waals surface area contributed by atoms with E-state index in [-0.39, 0.29) is 11.9 Å². The van der Waals surface area contributed by atoms with E-state index in [1.807, 2.05) is 30.3 Å². The Morgan fingerprint density at radius 2 is 1.83 bits per heavy atom. The molecule has 0 aromatic heterocycles. The summed E-state index contributed by atoms with van der Waals surface area (Å²) >= 11 is 0. The molecule has 0 aliphatic carbocycles. The molecule has 0 bridgehead atoms. The van der Waals surface area contributed by atoms with Crippen LogP contribution in [0.15, 0.2) is 30.3 Å². The highest BCUT2D eigenvalue weighted by atomic mass is 16.5. The molecule has 0 atom stereocenters. The lowest BCUT2D eigenvalue weighted by Gasteiger charge is -2.31. The molecular formula is C19H28N2O3. The number of hydrogen-bond donors (Lipinski definition) is 0. The van der Waals surface area contributed by atoms with Gasteiger partial charge in [0.05, 0.1) is 6.54 Å². The van der Waals surface area contributed by atoms with Gasteiger partial charge in [-0.2, -0.15) is 0 Å². The first kappa shape index (κ1) is 18.5. The number of esters is 1. The van der Waals surface area contributed by atoms with Crippen molar-refractivity contribution in [3.05, 3.63) is 35.9 Å². The second-order valence-corrected chi connectivity index (χ2v) is 6.69. The molecule has 0 saturated carbocycles. The average Bonchev–Trinajstić information content (AvgIpc) is 2.60. The maximum atomic E-state index is 11.9. The fraction of sp³-hybridized carbons (Fsp3) is 0.579. The zero-order valence-electron chi connectivity index (χ0n) is 14.7. The number of carbonyl (C=O) groups excluding carboxylic acids is 2. The molecule has 1 aromatic rings. The van der Waals surface area contributed by atoms with E-state index in [0.717, 1.165) is 37.9 Å². The Balaban J connectivity index is 1.60. The summed E-state index contributed by atoms with van der Waals surface area (Å²) in [5.74, 6) is 0.585. The van der Waals surface area contributed by atoms with Gasteiger partial charge < -0.3 is 9.64 Å². The van der Waals surface area contributed by atoms with Gasteiger partial charge in [0.1, 0.15) is 6.61 Å². The number of amides is 1. The molecule has 1 heterocycles. The zero-order valence-corrected chi connectivity index (χ0v) is 14.7. The van der Waals surface area contributed by atoms with Crippen molar-refractivity contribution in [1.29, 1.82) is 0 Å². The topological polar surface area (TPSA) is 49.9 Å². The maximum Gasteiger partial charge on any atom is 0.306 e. The van der Waals surface area contributed by atoms with Crippen LogP contribution in [-0.2, 0) is 20.9 Å². The van der Waals surface area contributed by atoms with Crippen molar-refractivity contribution in [2.75, 3.05) is 33.7 Å². The first-order valence-electron chi connectivity index (χ1n) is 8.66. The Morgan fingerprint density at radius 1 is 1.17 bits per heavy atom. The molecule has 1 amide bonds. The fourth-order valence-corrected chi connectivity index (χ4v) is 2.90. The summed E-state index contributed by atoms with van der Waals surface area (Å²) in [6.45, 7) is 2.72. The first-order valence-corrected chi connectivity index (χ1v) is 8.66. The van der Waals surface area contributed by atoms with Crippen LogP contribution < -0.4 is 0 Å². The number of carbonyl (C=O) groups is 2. The van der Waals surface area contributed by atoms with E-state index in [1.54, 1.807) is 19.0 Å². The average molecular weight is 332 g/mol. The standard InChI is InChI=1S/C19H28N2O3/c1-20(2)18(22)14-21-12-10-16(11-13-21)8-9-19(23)24-15-17-6-4-3-5-7-17/h3-7,16H,8-15H2,1-2H3. The van der Waals surface area contributed by atoms with Gasteiger partial charge in [0.2, 0.25) is 5.91 Å². The third-order valence-electron chi connectivity index (χ3n) is 4.56. The minimum atomic E-state index is -0.121. The molecule has 0 radical (unpaired) electrons. The number of likely N-dealkylation sites (tertiary alicyclic amines) is 1. The van der Waals surface area contributed by atoms with Gasteiger partial charge in [0.15, 0.2) is 0 Å². The van der Waals surface area contributed by atoms with Crippen molar-refractivity contribution in [3.8, 4) is 0 Å². The number of nitrogens with zero attached hydrogens (tertiary/aromatic N) is 2. The SMILES string of the molecule is CN(C)C(=O)CN1CCC(CCC(=O)OCc2ccccc2)CC1. The number of benzene rings is 1. The Kier molecular flexibility index (Phi) is 7.25. The van der Waals surface area contributed by atoms with E-state index in [9.17, 15) is 9.59 Å². The van der Waals surface area contributed by atoms with E-state index >= 15 is 0 Å². The minimum absolute atomic E-state index is 0.121. The number of hydrogen-bond acceptors (Lipinski definition) is 4. The lowest BCUT2D eigenvalue weighted by molar-refractivity contribution is -0.145. The molecule has 132 valence electrons. The van der Waals surface area contributed by atoms with Crippen molar-refractivity contribution in [3.63, 3.8) is 0 Å². The lowest BCUT2D eigenvalue weighted by atomic mass is 9.92. The highest BCUT2D eigenvalue weighted by molar-refractivity contribution is 5.77. The lowest BCUT2D eigenvalue weighted by Crippen LogP contribution is -2.41. The van der Waals surface area contributed by atoms with E-state index in [0.29, 0.717) is 25.5 Å². The largest absolute Gasteiger partial charge is 0.461 e. The Labute approximate surface area is 144 Å². The van der Waals surface area contributed by atoms with Crippen LogP contribution in [0.1, 0.15) is 31.2 Å². The van der Waals surface area contributed by atoms with Gasteiger partial charge in [-0.15, -0.1) is 0 Å². The van der Waals surface area contributed by atoms with Gasteiger partial charge in [-0.3, -0.25) is 14.5 Å². The molecule has 1 fully saturated rings. The van der Waals surface area contributed by atoms with Crippen LogP contribution in [-0.4, -0.2) is 55.4 Å². The van der Waals surface area contributed by atoms with Gasteiger partial charge in [0, 0.05) is 20.5 Å². The summed E-state index contributed by atoms with van der Waals surface area (Å²) in [5, 5.41) is 0. The van der Waals surface area contributed by atoms with Gasteiger partial charge in [-0.1, -0.05) is 30.3 Å². The highest BCUT2D eigenvalue weighted by Crippen LogP contribution is 2.22. The fourth-order valence-electron chi connectivity index (χ4n) is 2.90. The predicted molar refractivity (Wildman–Crippen MR) is 93.3 cm³/mol. The van der Waals surface area contributed by atoms with E-state index in [2.05, 4.69) is 4.90 Å². The summed E-state index contributed by atoms with van der Waals surface area (Å²) < 4.78 is 5.32. The minimum Gasteiger partial charge on any atom is -0.461 e. The molecule has 2 rings (SSSR count). The van der Waals surface area contributed by atoms with Crippen LogP contribution in [0.3, 0.4) is 0 Å². The molecular weight excluding hydrogens is 304 g/mol. The van der Waals surface area contributed by atoms with Gasteiger partial charge in [-0.05, 0) is 43.8 Å². The molecule has 1 saturated heterocycles. The van der Waals surface area contributed by atoms with Crippen LogP contribution in [0.25, 0.3) is 0 Å². The molecule has 5 heteroatoms. The van der Waals surface area contributed by atoms with Crippen LogP contribution >= 0.6 is 0 Å². The Bertz CT molecular complexity index is 523. The van der Waals surface area contributed by atoms with Gasteiger partial charge in [0.25, 0.3) is 0 Å². The second-order valence-electron chi connectivity index (χ2n) is 6.69. The quantitative estimate of drug-likeness (QED) is 0.719. The molecule has 1 aliphatic heterocycles. The number of likely N-dealkylation sites (N-methyl/N-ethyl adjacent to an activating group) is 1. The third kappa shape index (κ3) is 6.32. The summed E-state index contributed by atoms with van der Waals surface area (Å²) in [4.78, 5) is 27.4. The van der Waals surface area contributed by atoms with Crippen molar-refractivity contribution < 1.29 is 14.3 Å². The van der Waals surface area contributed by atoms with Crippen LogP contribution in [0.4, 0.5) is 0 Å². The van der Waals surface area contributed by atoms with Crippen molar-refractivity contribution in [2.45, 2.75) is 32.3 Å². The predicted octanol–water partition coefficient (Wildman–Crippen LogP) is 2.31. The smallest absolute Gasteiger partial charge is 0.306 e. The first-order chi connectivity index (χ1) is 11.5.